The molecule has 9 heteroatoms. The summed E-state index contributed by atoms with van der Waals surface area (Å²) in [5, 5.41) is 6.87. The molecule has 1 aliphatic carbocycles. The van der Waals surface area contributed by atoms with Gasteiger partial charge in [-0.3, -0.25) is 0 Å². The molecule has 154 valence electrons. The van der Waals surface area contributed by atoms with Gasteiger partial charge < -0.3 is 26.7 Å². The van der Waals surface area contributed by atoms with Crippen molar-refractivity contribution in [1.82, 2.24) is 19.5 Å². The molecule has 0 amide bonds. The van der Waals surface area contributed by atoms with Crippen molar-refractivity contribution < 1.29 is 0 Å². The Labute approximate surface area is 178 Å². The van der Waals surface area contributed by atoms with Crippen molar-refractivity contribution in [3.63, 3.8) is 0 Å². The van der Waals surface area contributed by atoms with Crippen molar-refractivity contribution in [2.75, 3.05) is 16.4 Å². The fraction of sp³-hybridized carbons (Fsp3) is 0.450. The van der Waals surface area contributed by atoms with E-state index in [2.05, 4.69) is 50.0 Å². The summed E-state index contributed by atoms with van der Waals surface area (Å²) in [6, 6.07) is 6.56. The number of imidazole rings is 1. The molecule has 1 fully saturated rings. The van der Waals surface area contributed by atoms with Gasteiger partial charge in [0.15, 0.2) is 17.0 Å². The van der Waals surface area contributed by atoms with E-state index in [1.165, 1.54) is 0 Å². The standard InChI is InChI=1S/C20H27BrN8/c1-11(2)29-10-24-17-18(25-16-8-12(21)7-14(23)9-16)27-20(28-19(17)29)26-15-5-3-13(22)4-6-15/h7-11,13,15H,3-6,22-23H2,1-2H3,(H2,25,26,27,28). The summed E-state index contributed by atoms with van der Waals surface area (Å²) in [5.74, 6) is 1.26. The topological polar surface area (TPSA) is 120 Å². The van der Waals surface area contributed by atoms with Gasteiger partial charge in [0, 0.05) is 34.0 Å². The number of fused-ring (bicyclic) bond motifs is 1. The van der Waals surface area contributed by atoms with Crippen LogP contribution in [0.1, 0.15) is 45.6 Å². The van der Waals surface area contributed by atoms with E-state index in [0.717, 1.165) is 47.0 Å². The fourth-order valence-electron chi connectivity index (χ4n) is 3.71. The minimum absolute atomic E-state index is 0.241. The zero-order valence-electron chi connectivity index (χ0n) is 16.7. The Morgan fingerprint density at radius 3 is 2.59 bits per heavy atom. The number of nitrogens with zero attached hydrogens (tertiary/aromatic N) is 4. The second-order valence-electron chi connectivity index (χ2n) is 7.97. The maximum atomic E-state index is 6.04. The van der Waals surface area contributed by atoms with Crippen LogP contribution in [0.4, 0.5) is 23.1 Å². The van der Waals surface area contributed by atoms with Gasteiger partial charge in [-0.25, -0.2) is 4.98 Å². The number of aromatic nitrogens is 4. The quantitative estimate of drug-likeness (QED) is 0.423. The molecule has 0 unspecified atom stereocenters. The van der Waals surface area contributed by atoms with Crippen LogP contribution in [-0.4, -0.2) is 31.6 Å². The Kier molecular flexibility index (Phi) is 5.60. The molecule has 2 heterocycles. The van der Waals surface area contributed by atoms with E-state index >= 15 is 0 Å². The van der Waals surface area contributed by atoms with E-state index in [-0.39, 0.29) is 6.04 Å². The largest absolute Gasteiger partial charge is 0.399 e. The third-order valence-electron chi connectivity index (χ3n) is 5.27. The van der Waals surface area contributed by atoms with Crippen molar-refractivity contribution in [3.8, 4) is 0 Å². The highest BCUT2D eigenvalue weighted by molar-refractivity contribution is 9.10. The number of nitrogens with one attached hydrogen (secondary N) is 2. The predicted molar refractivity (Wildman–Crippen MR) is 121 cm³/mol. The lowest BCUT2D eigenvalue weighted by Crippen LogP contribution is -2.33. The zero-order valence-corrected chi connectivity index (χ0v) is 18.3. The molecule has 0 aliphatic heterocycles. The first-order valence-electron chi connectivity index (χ1n) is 9.99. The molecular weight excluding hydrogens is 432 g/mol. The van der Waals surface area contributed by atoms with Gasteiger partial charge in [-0.2, -0.15) is 9.97 Å². The van der Waals surface area contributed by atoms with Gasteiger partial charge >= 0.3 is 0 Å². The lowest BCUT2D eigenvalue weighted by molar-refractivity contribution is 0.410. The predicted octanol–water partition coefficient (Wildman–Crippen LogP) is 4.18. The number of halogens is 1. The second-order valence-corrected chi connectivity index (χ2v) is 8.88. The number of nitrogens with two attached hydrogens (primary N) is 2. The summed E-state index contributed by atoms with van der Waals surface area (Å²) in [4.78, 5) is 14.1. The van der Waals surface area contributed by atoms with Crippen molar-refractivity contribution in [2.24, 2.45) is 5.73 Å². The van der Waals surface area contributed by atoms with Gasteiger partial charge in [0.05, 0.1) is 6.33 Å². The van der Waals surface area contributed by atoms with Crippen molar-refractivity contribution in [3.05, 3.63) is 29.0 Å². The first-order valence-corrected chi connectivity index (χ1v) is 10.8. The molecule has 4 rings (SSSR count). The van der Waals surface area contributed by atoms with Crippen LogP contribution in [0, 0.1) is 0 Å². The van der Waals surface area contributed by atoms with Crippen LogP contribution in [-0.2, 0) is 0 Å². The summed E-state index contributed by atoms with van der Waals surface area (Å²) in [5.41, 5.74) is 15.1. The smallest absolute Gasteiger partial charge is 0.227 e. The maximum Gasteiger partial charge on any atom is 0.227 e. The maximum absolute atomic E-state index is 6.04. The monoisotopic (exact) mass is 458 g/mol. The molecule has 0 atom stereocenters. The van der Waals surface area contributed by atoms with Gasteiger partial charge in [0.1, 0.15) is 0 Å². The molecule has 2 aromatic heterocycles. The molecule has 1 aromatic carbocycles. The SMILES string of the molecule is CC(C)n1cnc2c(Nc3cc(N)cc(Br)c3)nc(NC3CCC(N)CC3)nc21. The fourth-order valence-corrected chi connectivity index (χ4v) is 4.22. The molecule has 0 bridgehead atoms. The summed E-state index contributed by atoms with van der Waals surface area (Å²) in [7, 11) is 0. The Balaban J connectivity index is 1.71. The summed E-state index contributed by atoms with van der Waals surface area (Å²) in [6.45, 7) is 4.22. The average molecular weight is 459 g/mol. The highest BCUT2D eigenvalue weighted by Crippen LogP contribution is 2.29. The lowest BCUT2D eigenvalue weighted by atomic mass is 9.92. The molecule has 0 radical (unpaired) electrons. The average Bonchev–Trinajstić information content (AvgIpc) is 3.07. The number of hydrogen-bond acceptors (Lipinski definition) is 7. The Bertz CT molecular complexity index is 987. The van der Waals surface area contributed by atoms with Crippen LogP contribution in [0.3, 0.4) is 0 Å². The zero-order chi connectivity index (χ0) is 20.5. The van der Waals surface area contributed by atoms with Crippen molar-refractivity contribution in [1.29, 1.82) is 0 Å². The van der Waals surface area contributed by atoms with Crippen LogP contribution in [0.5, 0.6) is 0 Å². The van der Waals surface area contributed by atoms with Crippen LogP contribution in [0.15, 0.2) is 29.0 Å². The minimum Gasteiger partial charge on any atom is -0.399 e. The highest BCUT2D eigenvalue weighted by Gasteiger charge is 2.21. The lowest BCUT2D eigenvalue weighted by Gasteiger charge is -2.27. The molecule has 0 saturated heterocycles. The van der Waals surface area contributed by atoms with E-state index in [4.69, 9.17) is 21.4 Å². The molecule has 8 nitrogen and oxygen atoms in total. The van der Waals surface area contributed by atoms with Crippen LogP contribution < -0.4 is 22.1 Å². The molecule has 6 N–H and O–H groups in total. The van der Waals surface area contributed by atoms with Crippen molar-refractivity contribution >= 4 is 50.2 Å². The highest BCUT2D eigenvalue weighted by atomic mass is 79.9. The molecule has 29 heavy (non-hydrogen) atoms. The minimum atomic E-state index is 0.241. The van der Waals surface area contributed by atoms with E-state index in [1.54, 1.807) is 0 Å². The van der Waals surface area contributed by atoms with Crippen LogP contribution in [0.25, 0.3) is 11.2 Å². The normalized spacial score (nSPS) is 19.6. The van der Waals surface area contributed by atoms with Crippen LogP contribution in [0.2, 0.25) is 0 Å². The van der Waals surface area contributed by atoms with Gasteiger partial charge in [-0.1, -0.05) is 15.9 Å². The number of benzene rings is 1. The van der Waals surface area contributed by atoms with E-state index in [9.17, 15) is 0 Å². The number of nitrogen functional groups attached to an aromatic ring is 1. The van der Waals surface area contributed by atoms with Gasteiger partial charge in [-0.05, 0) is 57.7 Å². The summed E-state index contributed by atoms with van der Waals surface area (Å²) >= 11 is 3.49. The molecule has 3 aromatic rings. The molecule has 1 aliphatic rings. The molecular formula is C20H27BrN8. The number of anilines is 4. The first-order chi connectivity index (χ1) is 13.9. The second kappa shape index (κ2) is 8.16. The Hall–Kier alpha value is -2.39. The third-order valence-corrected chi connectivity index (χ3v) is 5.72. The molecule has 0 spiro atoms. The van der Waals surface area contributed by atoms with Gasteiger partial charge in [-0.15, -0.1) is 0 Å². The van der Waals surface area contributed by atoms with E-state index < -0.39 is 0 Å². The Morgan fingerprint density at radius 1 is 1.14 bits per heavy atom. The number of rotatable bonds is 5. The van der Waals surface area contributed by atoms with E-state index in [0.29, 0.717) is 29.5 Å². The Morgan fingerprint density at radius 2 is 1.90 bits per heavy atom. The molecule has 1 saturated carbocycles. The van der Waals surface area contributed by atoms with Gasteiger partial charge in [0.2, 0.25) is 5.95 Å². The van der Waals surface area contributed by atoms with Gasteiger partial charge in [0.25, 0.3) is 0 Å². The van der Waals surface area contributed by atoms with Crippen LogP contribution >= 0.6 is 15.9 Å². The number of hydrogen-bond donors (Lipinski definition) is 4. The third kappa shape index (κ3) is 4.45. The first kappa shape index (κ1) is 19.9. The van der Waals surface area contributed by atoms with E-state index in [1.807, 2.05) is 24.5 Å². The summed E-state index contributed by atoms with van der Waals surface area (Å²) < 4.78 is 2.95. The summed E-state index contributed by atoms with van der Waals surface area (Å²) in [6.07, 6.45) is 5.90. The van der Waals surface area contributed by atoms with Crippen molar-refractivity contribution in [2.45, 2.75) is 57.7 Å².